The van der Waals surface area contributed by atoms with Crippen LogP contribution in [0.2, 0.25) is 0 Å². The van der Waals surface area contributed by atoms with Crippen molar-refractivity contribution in [2.75, 3.05) is 39.8 Å². The Balaban J connectivity index is 1.80. The Morgan fingerprint density at radius 3 is 2.60 bits per heavy atom. The Morgan fingerprint density at radius 1 is 1.25 bits per heavy atom. The van der Waals surface area contributed by atoms with Crippen LogP contribution in [0, 0.1) is 0 Å². The van der Waals surface area contributed by atoms with E-state index in [1.54, 1.807) is 0 Å². The molecule has 1 aromatic heterocycles. The number of nitrogens with one attached hydrogen (secondary N) is 1. The molecule has 1 N–H and O–H groups in total. The monoisotopic (exact) mass is 340 g/mol. The number of hydrogen-bond acceptors (Lipinski definition) is 4. The van der Waals surface area contributed by atoms with Crippen LogP contribution < -0.4 is 5.32 Å². The van der Waals surface area contributed by atoms with Gasteiger partial charge in [0.25, 0.3) is 0 Å². The lowest BCUT2D eigenvalue weighted by molar-refractivity contribution is 0.0617. The first-order valence-electron chi connectivity index (χ1n) is 7.23. The first-order chi connectivity index (χ1) is 9.47. The molecule has 1 aromatic rings. The van der Waals surface area contributed by atoms with E-state index in [1.807, 2.05) is 12.1 Å². The number of nitrogens with zero attached hydrogens (tertiary/aromatic N) is 3. The van der Waals surface area contributed by atoms with Crippen molar-refractivity contribution in [1.29, 1.82) is 0 Å². The van der Waals surface area contributed by atoms with E-state index in [0.717, 1.165) is 49.6 Å². The average Bonchev–Trinajstić information content (AvgIpc) is 2.39. The highest BCUT2D eigenvalue weighted by atomic mass is 79.9. The summed E-state index contributed by atoms with van der Waals surface area (Å²) in [6, 6.07) is 6.04. The number of piperazine rings is 1. The highest BCUT2D eigenvalue weighted by molar-refractivity contribution is 9.10. The maximum Gasteiger partial charge on any atom is 0.106 e. The fourth-order valence-corrected chi connectivity index (χ4v) is 2.95. The van der Waals surface area contributed by atoms with Gasteiger partial charge in [-0.15, -0.1) is 0 Å². The molecule has 1 aliphatic heterocycles. The molecule has 1 aliphatic rings. The van der Waals surface area contributed by atoms with Gasteiger partial charge in [0.2, 0.25) is 0 Å². The van der Waals surface area contributed by atoms with E-state index in [1.165, 1.54) is 0 Å². The van der Waals surface area contributed by atoms with E-state index < -0.39 is 0 Å². The zero-order valence-corrected chi connectivity index (χ0v) is 14.3. The second-order valence-electron chi connectivity index (χ2n) is 6.16. The van der Waals surface area contributed by atoms with Gasteiger partial charge in [-0.25, -0.2) is 4.98 Å². The molecule has 0 aromatic carbocycles. The quantitative estimate of drug-likeness (QED) is 0.830. The van der Waals surface area contributed by atoms with E-state index in [9.17, 15) is 0 Å². The topological polar surface area (TPSA) is 31.4 Å². The van der Waals surface area contributed by atoms with Gasteiger partial charge in [0.15, 0.2) is 0 Å². The number of halogens is 1. The largest absolute Gasteiger partial charge is 0.309 e. The molecular formula is C15H25BrN4. The Kier molecular flexibility index (Phi) is 5.55. The van der Waals surface area contributed by atoms with Crippen LogP contribution in [-0.2, 0) is 6.54 Å². The molecular weight excluding hydrogens is 316 g/mol. The van der Waals surface area contributed by atoms with Gasteiger partial charge in [0.1, 0.15) is 4.60 Å². The highest BCUT2D eigenvalue weighted by Crippen LogP contribution is 2.16. The summed E-state index contributed by atoms with van der Waals surface area (Å²) in [5.74, 6) is 0. The molecule has 0 radical (unpaired) electrons. The van der Waals surface area contributed by atoms with Crippen molar-refractivity contribution < 1.29 is 0 Å². The fourth-order valence-electron chi connectivity index (χ4n) is 2.57. The Bertz CT molecular complexity index is 428. The number of likely N-dealkylation sites (N-methyl/N-ethyl adjacent to an activating group) is 1. The molecule has 0 amide bonds. The summed E-state index contributed by atoms with van der Waals surface area (Å²) in [5, 5.41) is 3.54. The molecule has 0 spiro atoms. The summed E-state index contributed by atoms with van der Waals surface area (Å²) < 4.78 is 0.898. The van der Waals surface area contributed by atoms with E-state index in [2.05, 4.69) is 63.0 Å². The van der Waals surface area contributed by atoms with Crippen LogP contribution >= 0.6 is 15.9 Å². The molecule has 0 atom stereocenters. The van der Waals surface area contributed by atoms with Gasteiger partial charge in [0, 0.05) is 44.8 Å². The Morgan fingerprint density at radius 2 is 1.95 bits per heavy atom. The molecule has 20 heavy (non-hydrogen) atoms. The molecule has 1 saturated heterocycles. The van der Waals surface area contributed by atoms with Gasteiger partial charge in [-0.1, -0.05) is 6.07 Å². The van der Waals surface area contributed by atoms with E-state index >= 15 is 0 Å². The van der Waals surface area contributed by atoms with Crippen LogP contribution in [0.3, 0.4) is 0 Å². The van der Waals surface area contributed by atoms with Crippen molar-refractivity contribution >= 4 is 15.9 Å². The minimum absolute atomic E-state index is 0.188. The van der Waals surface area contributed by atoms with Crippen molar-refractivity contribution in [3.8, 4) is 0 Å². The minimum atomic E-state index is 0.188. The number of pyridine rings is 1. The molecule has 1 fully saturated rings. The number of aromatic nitrogens is 1. The van der Waals surface area contributed by atoms with Gasteiger partial charge < -0.3 is 10.2 Å². The van der Waals surface area contributed by atoms with Gasteiger partial charge in [-0.3, -0.25) is 4.90 Å². The predicted octanol–water partition coefficient (Wildman–Crippen LogP) is 1.96. The summed E-state index contributed by atoms with van der Waals surface area (Å²) in [5.41, 5.74) is 1.27. The van der Waals surface area contributed by atoms with Crippen LogP contribution in [0.15, 0.2) is 22.8 Å². The summed E-state index contributed by atoms with van der Waals surface area (Å²) >= 11 is 3.41. The van der Waals surface area contributed by atoms with Crippen molar-refractivity contribution in [2.45, 2.75) is 25.9 Å². The normalized spacial score (nSPS) is 18.4. The first-order valence-corrected chi connectivity index (χ1v) is 8.02. The molecule has 4 nitrogen and oxygen atoms in total. The van der Waals surface area contributed by atoms with E-state index in [-0.39, 0.29) is 5.54 Å². The Hall–Kier alpha value is -0.490. The van der Waals surface area contributed by atoms with Crippen molar-refractivity contribution in [3.63, 3.8) is 0 Å². The lowest BCUT2D eigenvalue weighted by Crippen LogP contribution is -2.57. The maximum atomic E-state index is 4.45. The third-order valence-corrected chi connectivity index (χ3v) is 4.44. The van der Waals surface area contributed by atoms with Crippen LogP contribution in [-0.4, -0.2) is 60.1 Å². The zero-order valence-electron chi connectivity index (χ0n) is 12.7. The molecule has 0 bridgehead atoms. The maximum absolute atomic E-state index is 4.45. The molecule has 112 valence electrons. The summed E-state index contributed by atoms with van der Waals surface area (Å²) in [6.45, 7) is 11.1. The van der Waals surface area contributed by atoms with Crippen LogP contribution in [0.4, 0.5) is 0 Å². The van der Waals surface area contributed by atoms with Gasteiger partial charge >= 0.3 is 0 Å². The predicted molar refractivity (Wildman–Crippen MR) is 86.8 cm³/mol. The fraction of sp³-hybridized carbons (Fsp3) is 0.667. The molecule has 0 aliphatic carbocycles. The van der Waals surface area contributed by atoms with Crippen LogP contribution in [0.25, 0.3) is 0 Å². The number of rotatable bonds is 5. The second-order valence-corrected chi connectivity index (χ2v) is 6.97. The first kappa shape index (κ1) is 15.9. The summed E-state index contributed by atoms with van der Waals surface area (Å²) in [7, 11) is 2.20. The van der Waals surface area contributed by atoms with Gasteiger partial charge in [0.05, 0.1) is 5.69 Å². The van der Waals surface area contributed by atoms with Crippen molar-refractivity contribution in [3.05, 3.63) is 28.5 Å². The molecule has 2 rings (SSSR count). The van der Waals surface area contributed by atoms with E-state index in [0.29, 0.717) is 0 Å². The third-order valence-electron chi connectivity index (χ3n) is 4.00. The highest BCUT2D eigenvalue weighted by Gasteiger charge is 2.28. The zero-order chi connectivity index (χ0) is 14.6. The van der Waals surface area contributed by atoms with Crippen LogP contribution in [0.1, 0.15) is 19.5 Å². The molecule has 2 heterocycles. The van der Waals surface area contributed by atoms with Crippen molar-refractivity contribution in [2.24, 2.45) is 0 Å². The van der Waals surface area contributed by atoms with Crippen LogP contribution in [0.5, 0.6) is 0 Å². The smallest absolute Gasteiger partial charge is 0.106 e. The average molecular weight is 341 g/mol. The van der Waals surface area contributed by atoms with E-state index in [4.69, 9.17) is 0 Å². The molecule has 5 heteroatoms. The van der Waals surface area contributed by atoms with Gasteiger partial charge in [-0.2, -0.15) is 0 Å². The third kappa shape index (κ3) is 4.52. The lowest BCUT2D eigenvalue weighted by Gasteiger charge is -2.43. The van der Waals surface area contributed by atoms with Gasteiger partial charge in [-0.05, 0) is 49.0 Å². The number of hydrogen-bond donors (Lipinski definition) is 1. The lowest BCUT2D eigenvalue weighted by atomic mass is 10.0. The summed E-state index contributed by atoms with van der Waals surface area (Å²) in [6.07, 6.45) is 0. The second kappa shape index (κ2) is 6.98. The Labute approximate surface area is 130 Å². The molecule has 0 saturated carbocycles. The SMILES string of the molecule is CN1CCN(C(C)(C)CNCc2cccc(Br)n2)CC1. The standard InChI is InChI=1S/C15H25BrN4/c1-15(2,20-9-7-19(3)8-10-20)12-17-11-13-5-4-6-14(16)18-13/h4-6,17H,7-12H2,1-3H3. The summed E-state index contributed by atoms with van der Waals surface area (Å²) in [4.78, 5) is 9.42. The minimum Gasteiger partial charge on any atom is -0.309 e. The van der Waals surface area contributed by atoms with Crippen molar-refractivity contribution in [1.82, 2.24) is 20.1 Å². The molecule has 0 unspecified atom stereocenters.